The van der Waals surface area contributed by atoms with Crippen LogP contribution in [0.15, 0.2) is 66.9 Å². The first-order valence-electron chi connectivity index (χ1n) is 9.47. The van der Waals surface area contributed by atoms with E-state index in [9.17, 15) is 10.1 Å². The predicted octanol–water partition coefficient (Wildman–Crippen LogP) is 5.40. The Balaban J connectivity index is 1.76. The SMILES string of the molecule is Cc1cc(/C=C(/C#N)c2ccc(C(=O)O)cc2)c(C)n1-c1ccc2ncccc2c1. The first kappa shape index (κ1) is 19.2. The molecular weight excluding hydrogens is 374 g/mol. The first-order chi connectivity index (χ1) is 14.5. The van der Waals surface area contributed by atoms with Crippen molar-refractivity contribution < 1.29 is 9.90 Å². The van der Waals surface area contributed by atoms with Crippen LogP contribution in [0.2, 0.25) is 0 Å². The van der Waals surface area contributed by atoms with Crippen molar-refractivity contribution in [2.75, 3.05) is 0 Å². The maximum Gasteiger partial charge on any atom is 0.335 e. The van der Waals surface area contributed by atoms with Crippen molar-refractivity contribution in [2.45, 2.75) is 13.8 Å². The predicted molar refractivity (Wildman–Crippen MR) is 117 cm³/mol. The number of aromatic nitrogens is 2. The second-order valence-electron chi connectivity index (χ2n) is 7.09. The number of allylic oxidation sites excluding steroid dienone is 1. The molecular formula is C25H19N3O2. The van der Waals surface area contributed by atoms with Crippen molar-refractivity contribution in [3.63, 3.8) is 0 Å². The van der Waals surface area contributed by atoms with Crippen LogP contribution in [0, 0.1) is 25.2 Å². The molecule has 0 amide bonds. The number of aryl methyl sites for hydroxylation is 1. The van der Waals surface area contributed by atoms with Gasteiger partial charge < -0.3 is 9.67 Å². The smallest absolute Gasteiger partial charge is 0.335 e. The van der Waals surface area contributed by atoms with E-state index in [0.29, 0.717) is 11.1 Å². The number of carboxylic acids is 1. The fourth-order valence-electron chi connectivity index (χ4n) is 3.66. The summed E-state index contributed by atoms with van der Waals surface area (Å²) in [6.07, 6.45) is 3.63. The number of carbonyl (C=O) groups is 1. The Labute approximate surface area is 174 Å². The molecule has 0 unspecified atom stereocenters. The standard InChI is InChI=1S/C25H19N3O2/c1-16-12-21(13-22(15-26)18-5-7-19(8-6-18)25(29)30)17(2)28(16)23-9-10-24-20(14-23)4-3-11-27-24/h3-14H,1-2H3,(H,29,30)/b22-13-. The monoisotopic (exact) mass is 393 g/mol. The van der Waals surface area contributed by atoms with Gasteiger partial charge in [-0.3, -0.25) is 4.98 Å². The van der Waals surface area contributed by atoms with Gasteiger partial charge in [0, 0.05) is 28.7 Å². The quantitative estimate of drug-likeness (QED) is 0.471. The number of nitrogens with zero attached hydrogens (tertiary/aromatic N) is 3. The number of fused-ring (bicyclic) bond motifs is 1. The number of benzene rings is 2. The molecule has 0 bridgehead atoms. The summed E-state index contributed by atoms with van der Waals surface area (Å²) in [5, 5.41) is 19.8. The average Bonchev–Trinajstić information content (AvgIpc) is 3.04. The Morgan fingerprint density at radius 1 is 1.07 bits per heavy atom. The highest BCUT2D eigenvalue weighted by molar-refractivity contribution is 5.92. The van der Waals surface area contributed by atoms with Crippen LogP contribution in [-0.2, 0) is 0 Å². The summed E-state index contributed by atoms with van der Waals surface area (Å²) in [5.74, 6) is -0.988. The highest BCUT2D eigenvalue weighted by Gasteiger charge is 2.12. The van der Waals surface area contributed by atoms with Gasteiger partial charge in [0.1, 0.15) is 0 Å². The van der Waals surface area contributed by atoms with Gasteiger partial charge in [0.15, 0.2) is 0 Å². The molecule has 1 N–H and O–H groups in total. The van der Waals surface area contributed by atoms with Gasteiger partial charge in [0.2, 0.25) is 0 Å². The van der Waals surface area contributed by atoms with E-state index < -0.39 is 5.97 Å². The molecule has 2 heterocycles. The van der Waals surface area contributed by atoms with Crippen LogP contribution in [-0.4, -0.2) is 20.6 Å². The minimum absolute atomic E-state index is 0.194. The zero-order chi connectivity index (χ0) is 21.3. The normalized spacial score (nSPS) is 11.4. The Morgan fingerprint density at radius 2 is 1.80 bits per heavy atom. The van der Waals surface area contributed by atoms with Crippen molar-refractivity contribution in [3.05, 3.63) is 94.9 Å². The second-order valence-corrected chi connectivity index (χ2v) is 7.09. The summed E-state index contributed by atoms with van der Waals surface area (Å²) < 4.78 is 2.15. The number of rotatable bonds is 4. The third-order valence-corrected chi connectivity index (χ3v) is 5.18. The van der Waals surface area contributed by atoms with E-state index in [4.69, 9.17) is 5.11 Å². The Hall–Kier alpha value is -4.17. The van der Waals surface area contributed by atoms with Crippen LogP contribution in [0.1, 0.15) is 32.9 Å². The molecule has 0 aliphatic heterocycles. The molecule has 0 fully saturated rings. The molecule has 2 aromatic heterocycles. The van der Waals surface area contributed by atoms with E-state index in [0.717, 1.165) is 33.5 Å². The van der Waals surface area contributed by atoms with E-state index >= 15 is 0 Å². The summed E-state index contributed by atoms with van der Waals surface area (Å²) in [7, 11) is 0. The summed E-state index contributed by atoms with van der Waals surface area (Å²) in [6.45, 7) is 4.06. The van der Waals surface area contributed by atoms with E-state index in [1.54, 1.807) is 18.3 Å². The number of carboxylic acid groups (broad SMARTS) is 1. The lowest BCUT2D eigenvalue weighted by molar-refractivity contribution is 0.0697. The average molecular weight is 393 g/mol. The molecule has 5 nitrogen and oxygen atoms in total. The lowest BCUT2D eigenvalue weighted by atomic mass is 10.0. The first-order valence-corrected chi connectivity index (χ1v) is 9.47. The minimum atomic E-state index is -0.988. The lowest BCUT2D eigenvalue weighted by Gasteiger charge is -2.11. The van der Waals surface area contributed by atoms with Crippen LogP contribution in [0.3, 0.4) is 0 Å². The molecule has 2 aromatic carbocycles. The topological polar surface area (TPSA) is 78.9 Å². The van der Waals surface area contributed by atoms with Crippen molar-refractivity contribution in [1.29, 1.82) is 5.26 Å². The van der Waals surface area contributed by atoms with Crippen LogP contribution in [0.4, 0.5) is 0 Å². The van der Waals surface area contributed by atoms with Gasteiger partial charge >= 0.3 is 5.97 Å². The highest BCUT2D eigenvalue weighted by atomic mass is 16.4. The maximum absolute atomic E-state index is 11.1. The Morgan fingerprint density at radius 3 is 2.50 bits per heavy atom. The lowest BCUT2D eigenvalue weighted by Crippen LogP contribution is -1.99. The molecule has 0 aliphatic carbocycles. The minimum Gasteiger partial charge on any atom is -0.478 e. The maximum atomic E-state index is 11.1. The fourth-order valence-corrected chi connectivity index (χ4v) is 3.66. The molecule has 0 radical (unpaired) electrons. The van der Waals surface area contributed by atoms with E-state index in [2.05, 4.69) is 21.7 Å². The molecule has 0 atom stereocenters. The second kappa shape index (κ2) is 7.69. The molecule has 30 heavy (non-hydrogen) atoms. The zero-order valence-electron chi connectivity index (χ0n) is 16.6. The molecule has 0 aliphatic rings. The Bertz CT molecular complexity index is 1340. The van der Waals surface area contributed by atoms with Gasteiger partial charge in [-0.25, -0.2) is 4.79 Å². The molecule has 5 heteroatoms. The molecule has 4 aromatic rings. The van der Waals surface area contributed by atoms with E-state index in [1.807, 2.05) is 50.3 Å². The van der Waals surface area contributed by atoms with Crippen molar-refractivity contribution in [2.24, 2.45) is 0 Å². The largest absolute Gasteiger partial charge is 0.478 e. The van der Waals surface area contributed by atoms with Gasteiger partial charge in [-0.05, 0) is 73.5 Å². The van der Waals surface area contributed by atoms with E-state index in [1.165, 1.54) is 12.1 Å². The van der Waals surface area contributed by atoms with Crippen LogP contribution >= 0.6 is 0 Å². The molecule has 0 saturated carbocycles. The zero-order valence-corrected chi connectivity index (χ0v) is 16.6. The number of aromatic carboxylic acids is 1. The van der Waals surface area contributed by atoms with Crippen molar-refractivity contribution in [3.8, 4) is 11.8 Å². The summed E-state index contributed by atoms with van der Waals surface area (Å²) in [4.78, 5) is 15.4. The summed E-state index contributed by atoms with van der Waals surface area (Å²) in [5.41, 5.74) is 6.36. The molecule has 146 valence electrons. The van der Waals surface area contributed by atoms with Gasteiger partial charge in [-0.1, -0.05) is 18.2 Å². The van der Waals surface area contributed by atoms with Crippen molar-refractivity contribution in [1.82, 2.24) is 9.55 Å². The number of nitriles is 1. The number of hydrogen-bond donors (Lipinski definition) is 1. The Kier molecular flexibility index (Phi) is 4.91. The number of hydrogen-bond acceptors (Lipinski definition) is 3. The van der Waals surface area contributed by atoms with Gasteiger partial charge in [0.05, 0.1) is 22.7 Å². The summed E-state index contributed by atoms with van der Waals surface area (Å²) >= 11 is 0. The van der Waals surface area contributed by atoms with Crippen LogP contribution in [0.5, 0.6) is 0 Å². The molecule has 0 saturated heterocycles. The fraction of sp³-hybridized carbons (Fsp3) is 0.0800. The number of pyridine rings is 1. The van der Waals surface area contributed by atoms with Crippen molar-refractivity contribution >= 4 is 28.5 Å². The third kappa shape index (κ3) is 3.47. The highest BCUT2D eigenvalue weighted by Crippen LogP contribution is 2.27. The van der Waals surface area contributed by atoms with Gasteiger partial charge in [-0.15, -0.1) is 0 Å². The van der Waals surface area contributed by atoms with Gasteiger partial charge in [0.25, 0.3) is 0 Å². The molecule has 0 spiro atoms. The third-order valence-electron chi connectivity index (χ3n) is 5.18. The van der Waals surface area contributed by atoms with Crippen LogP contribution in [0.25, 0.3) is 28.2 Å². The van der Waals surface area contributed by atoms with Crippen LogP contribution < -0.4 is 0 Å². The van der Waals surface area contributed by atoms with E-state index in [-0.39, 0.29) is 5.56 Å². The summed E-state index contributed by atoms with van der Waals surface area (Å²) in [6, 6.07) is 20.7. The molecule has 4 rings (SSSR count). The van der Waals surface area contributed by atoms with Gasteiger partial charge in [-0.2, -0.15) is 5.26 Å².